The molecule has 0 radical (unpaired) electrons. The SMILES string of the molecule is CC.Cc1cc2nc(Cl)cc(N3CCOCC3)c2o1. The maximum Gasteiger partial charge on any atom is 0.176 e. The first-order chi connectivity index (χ1) is 9.24. The van der Waals surface area contributed by atoms with Gasteiger partial charge in [-0.3, -0.25) is 0 Å². The lowest BCUT2D eigenvalue weighted by Gasteiger charge is -2.28. The molecule has 1 aliphatic heterocycles. The lowest BCUT2D eigenvalue weighted by atomic mass is 10.3. The molecule has 19 heavy (non-hydrogen) atoms. The summed E-state index contributed by atoms with van der Waals surface area (Å²) in [7, 11) is 0. The van der Waals surface area contributed by atoms with Crippen molar-refractivity contribution in [1.29, 1.82) is 0 Å². The molecule has 0 aliphatic carbocycles. The maximum atomic E-state index is 6.04. The number of hydrogen-bond acceptors (Lipinski definition) is 4. The van der Waals surface area contributed by atoms with Gasteiger partial charge in [0.15, 0.2) is 5.58 Å². The van der Waals surface area contributed by atoms with Crippen molar-refractivity contribution >= 4 is 28.4 Å². The fraction of sp³-hybridized carbons (Fsp3) is 0.500. The van der Waals surface area contributed by atoms with Crippen LogP contribution in [0.15, 0.2) is 16.5 Å². The van der Waals surface area contributed by atoms with Crippen molar-refractivity contribution < 1.29 is 9.15 Å². The molecule has 4 nitrogen and oxygen atoms in total. The van der Waals surface area contributed by atoms with Gasteiger partial charge in [0.25, 0.3) is 0 Å². The molecule has 0 unspecified atom stereocenters. The third-order valence-corrected chi connectivity index (χ3v) is 3.10. The first-order valence-corrected chi connectivity index (χ1v) is 7.01. The molecule has 104 valence electrons. The number of morpholine rings is 1. The molecule has 1 saturated heterocycles. The molecule has 2 aromatic heterocycles. The van der Waals surface area contributed by atoms with E-state index >= 15 is 0 Å². The summed E-state index contributed by atoms with van der Waals surface area (Å²) in [6.45, 7) is 9.10. The molecule has 5 heteroatoms. The third-order valence-electron chi connectivity index (χ3n) is 2.90. The van der Waals surface area contributed by atoms with E-state index in [9.17, 15) is 0 Å². The Morgan fingerprint density at radius 2 is 1.89 bits per heavy atom. The highest BCUT2D eigenvalue weighted by atomic mass is 35.5. The minimum absolute atomic E-state index is 0.500. The maximum absolute atomic E-state index is 6.04. The van der Waals surface area contributed by atoms with Gasteiger partial charge in [0.05, 0.1) is 18.9 Å². The zero-order valence-electron chi connectivity index (χ0n) is 11.6. The number of furan rings is 1. The quantitative estimate of drug-likeness (QED) is 0.748. The minimum Gasteiger partial charge on any atom is -0.457 e. The van der Waals surface area contributed by atoms with Crippen molar-refractivity contribution in [3.63, 3.8) is 0 Å². The first-order valence-electron chi connectivity index (χ1n) is 6.63. The number of nitrogens with zero attached hydrogens (tertiary/aromatic N) is 2. The summed E-state index contributed by atoms with van der Waals surface area (Å²) in [4.78, 5) is 6.49. The monoisotopic (exact) mass is 282 g/mol. The van der Waals surface area contributed by atoms with Crippen LogP contribution in [-0.2, 0) is 4.74 Å². The van der Waals surface area contributed by atoms with Gasteiger partial charge < -0.3 is 14.1 Å². The Labute approximate surface area is 118 Å². The fourth-order valence-corrected chi connectivity index (χ4v) is 2.33. The Morgan fingerprint density at radius 3 is 2.58 bits per heavy atom. The topological polar surface area (TPSA) is 38.5 Å². The molecule has 2 aromatic rings. The number of aryl methyl sites for hydroxylation is 1. The lowest BCUT2D eigenvalue weighted by Crippen LogP contribution is -2.36. The van der Waals surface area contributed by atoms with Crippen LogP contribution in [0.1, 0.15) is 19.6 Å². The molecule has 0 atom stereocenters. The van der Waals surface area contributed by atoms with Gasteiger partial charge in [-0.15, -0.1) is 0 Å². The summed E-state index contributed by atoms with van der Waals surface area (Å²) >= 11 is 6.04. The first kappa shape index (κ1) is 14.2. The minimum atomic E-state index is 0.500. The summed E-state index contributed by atoms with van der Waals surface area (Å²) in [6.07, 6.45) is 0. The van der Waals surface area contributed by atoms with Crippen LogP contribution in [0.3, 0.4) is 0 Å². The summed E-state index contributed by atoms with van der Waals surface area (Å²) in [5.41, 5.74) is 2.64. The van der Waals surface area contributed by atoms with Gasteiger partial charge in [0.1, 0.15) is 16.4 Å². The summed E-state index contributed by atoms with van der Waals surface area (Å²) < 4.78 is 11.1. The second-order valence-electron chi connectivity index (χ2n) is 4.13. The molecule has 0 saturated carbocycles. The van der Waals surface area contributed by atoms with Gasteiger partial charge in [-0.05, 0) is 6.92 Å². The van der Waals surface area contributed by atoms with Crippen LogP contribution in [0.5, 0.6) is 0 Å². The molecular weight excluding hydrogens is 264 g/mol. The van der Waals surface area contributed by atoms with Crippen LogP contribution in [0.2, 0.25) is 5.15 Å². The summed E-state index contributed by atoms with van der Waals surface area (Å²) in [6, 6.07) is 3.77. The molecule has 1 aliphatic rings. The van der Waals surface area contributed by atoms with Gasteiger partial charge in [-0.1, -0.05) is 25.4 Å². The number of aromatic nitrogens is 1. The second-order valence-corrected chi connectivity index (χ2v) is 4.52. The van der Waals surface area contributed by atoms with E-state index in [4.69, 9.17) is 20.8 Å². The fourth-order valence-electron chi connectivity index (χ4n) is 2.13. The Hall–Kier alpha value is -1.26. The van der Waals surface area contributed by atoms with Gasteiger partial charge in [0.2, 0.25) is 0 Å². The van der Waals surface area contributed by atoms with Crippen LogP contribution < -0.4 is 4.90 Å². The highest BCUT2D eigenvalue weighted by Gasteiger charge is 2.18. The van der Waals surface area contributed by atoms with Crippen molar-refractivity contribution in [3.05, 3.63) is 23.0 Å². The molecule has 3 heterocycles. The van der Waals surface area contributed by atoms with Crippen LogP contribution in [-0.4, -0.2) is 31.3 Å². The van der Waals surface area contributed by atoms with E-state index in [1.807, 2.05) is 32.9 Å². The Kier molecular flexibility index (Phi) is 4.66. The molecular formula is C14H19ClN2O2. The Balaban J connectivity index is 0.000000637. The largest absolute Gasteiger partial charge is 0.457 e. The predicted octanol–water partition coefficient (Wildman–Crippen LogP) is 3.65. The van der Waals surface area contributed by atoms with Gasteiger partial charge >= 0.3 is 0 Å². The number of rotatable bonds is 1. The van der Waals surface area contributed by atoms with Gasteiger partial charge in [0, 0.05) is 25.2 Å². The molecule has 0 amide bonds. The Bertz CT molecular complexity index is 548. The van der Waals surface area contributed by atoms with Crippen molar-refractivity contribution in [2.45, 2.75) is 20.8 Å². The summed E-state index contributed by atoms with van der Waals surface area (Å²) in [5, 5.41) is 0.500. The summed E-state index contributed by atoms with van der Waals surface area (Å²) in [5.74, 6) is 0.851. The van der Waals surface area contributed by atoms with Crippen LogP contribution >= 0.6 is 11.6 Å². The van der Waals surface area contributed by atoms with E-state index < -0.39 is 0 Å². The normalized spacial score (nSPS) is 15.3. The molecule has 3 rings (SSSR count). The van der Waals surface area contributed by atoms with Crippen LogP contribution in [0, 0.1) is 6.92 Å². The molecule has 0 spiro atoms. The lowest BCUT2D eigenvalue weighted by molar-refractivity contribution is 0.122. The molecule has 0 N–H and O–H groups in total. The zero-order chi connectivity index (χ0) is 13.8. The Morgan fingerprint density at radius 1 is 1.21 bits per heavy atom. The van der Waals surface area contributed by atoms with E-state index in [1.54, 1.807) is 0 Å². The molecule has 1 fully saturated rings. The average Bonchev–Trinajstić information content (AvgIpc) is 2.81. The number of fused-ring (bicyclic) bond motifs is 1. The molecule has 0 bridgehead atoms. The van der Waals surface area contributed by atoms with Gasteiger partial charge in [-0.25, -0.2) is 4.98 Å². The van der Waals surface area contributed by atoms with Crippen molar-refractivity contribution in [1.82, 2.24) is 4.98 Å². The van der Waals surface area contributed by atoms with Crippen LogP contribution in [0.4, 0.5) is 5.69 Å². The van der Waals surface area contributed by atoms with E-state index in [2.05, 4.69) is 9.88 Å². The highest BCUT2D eigenvalue weighted by molar-refractivity contribution is 6.30. The number of halogens is 1. The predicted molar refractivity (Wildman–Crippen MR) is 78.1 cm³/mol. The number of hydrogen-bond donors (Lipinski definition) is 0. The highest BCUT2D eigenvalue weighted by Crippen LogP contribution is 2.31. The van der Waals surface area contributed by atoms with Crippen LogP contribution in [0.25, 0.3) is 11.1 Å². The zero-order valence-corrected chi connectivity index (χ0v) is 12.3. The van der Waals surface area contributed by atoms with Crippen molar-refractivity contribution in [2.75, 3.05) is 31.2 Å². The van der Waals surface area contributed by atoms with E-state index in [0.717, 1.165) is 48.9 Å². The standard InChI is InChI=1S/C12H13ClN2O2.C2H6/c1-8-6-9-12(17-8)10(7-11(13)14-9)15-2-4-16-5-3-15;1-2/h6-7H,2-5H2,1H3;1-2H3. The van der Waals surface area contributed by atoms with E-state index in [0.29, 0.717) is 5.15 Å². The third kappa shape index (κ3) is 3.01. The van der Waals surface area contributed by atoms with E-state index in [1.165, 1.54) is 0 Å². The van der Waals surface area contributed by atoms with E-state index in [-0.39, 0.29) is 0 Å². The number of ether oxygens (including phenoxy) is 1. The smallest absolute Gasteiger partial charge is 0.176 e. The van der Waals surface area contributed by atoms with Crippen molar-refractivity contribution in [3.8, 4) is 0 Å². The van der Waals surface area contributed by atoms with Gasteiger partial charge in [-0.2, -0.15) is 0 Å². The van der Waals surface area contributed by atoms with Crippen molar-refractivity contribution in [2.24, 2.45) is 0 Å². The number of pyridine rings is 1. The average molecular weight is 283 g/mol. The number of anilines is 1. The second kappa shape index (κ2) is 6.26. The molecule has 0 aromatic carbocycles.